The van der Waals surface area contributed by atoms with Crippen molar-refractivity contribution < 1.29 is 9.59 Å². The summed E-state index contributed by atoms with van der Waals surface area (Å²) in [7, 11) is 0. The average molecular weight is 406 g/mol. The summed E-state index contributed by atoms with van der Waals surface area (Å²) in [5, 5.41) is 8.00. The highest BCUT2D eigenvalue weighted by Gasteiger charge is 2.18. The van der Waals surface area contributed by atoms with Crippen LogP contribution in [-0.4, -0.2) is 22.8 Å². The SMILES string of the molecule is CC(NC(=O)c1ccccc1)C(=O)Nc1nc(-c2ccc3c(c2)CCCC3)cs1. The van der Waals surface area contributed by atoms with Gasteiger partial charge in [-0.15, -0.1) is 11.3 Å². The number of thiazole rings is 1. The van der Waals surface area contributed by atoms with Crippen LogP contribution in [-0.2, 0) is 17.6 Å². The Balaban J connectivity index is 1.39. The molecule has 1 aliphatic carbocycles. The predicted octanol–water partition coefficient (Wildman–Crippen LogP) is 4.45. The Morgan fingerprint density at radius 2 is 1.79 bits per heavy atom. The minimum absolute atomic E-state index is 0.276. The molecule has 2 N–H and O–H groups in total. The number of rotatable bonds is 5. The van der Waals surface area contributed by atoms with Gasteiger partial charge in [-0.25, -0.2) is 4.98 Å². The molecule has 0 spiro atoms. The zero-order valence-corrected chi connectivity index (χ0v) is 17.1. The van der Waals surface area contributed by atoms with E-state index in [9.17, 15) is 9.59 Å². The number of fused-ring (bicyclic) bond motifs is 1. The summed E-state index contributed by atoms with van der Waals surface area (Å²) in [5.74, 6) is -0.567. The van der Waals surface area contributed by atoms with Crippen molar-refractivity contribution in [1.82, 2.24) is 10.3 Å². The molecular weight excluding hydrogens is 382 g/mol. The Morgan fingerprint density at radius 1 is 1.03 bits per heavy atom. The fourth-order valence-corrected chi connectivity index (χ4v) is 4.23. The van der Waals surface area contributed by atoms with Crippen LogP contribution in [0.25, 0.3) is 11.3 Å². The van der Waals surface area contributed by atoms with Gasteiger partial charge in [-0.2, -0.15) is 0 Å². The highest BCUT2D eigenvalue weighted by atomic mass is 32.1. The van der Waals surface area contributed by atoms with E-state index in [2.05, 4.69) is 33.8 Å². The zero-order chi connectivity index (χ0) is 20.2. The normalized spacial score (nSPS) is 14.0. The number of benzene rings is 2. The molecule has 0 fully saturated rings. The van der Waals surface area contributed by atoms with Gasteiger partial charge in [0.1, 0.15) is 6.04 Å². The Bertz CT molecular complexity index is 1030. The van der Waals surface area contributed by atoms with Gasteiger partial charge in [0.25, 0.3) is 5.91 Å². The molecule has 2 amide bonds. The van der Waals surface area contributed by atoms with Crippen molar-refractivity contribution in [1.29, 1.82) is 0 Å². The summed E-state index contributed by atoms with van der Waals surface area (Å²) in [4.78, 5) is 29.2. The maximum Gasteiger partial charge on any atom is 0.251 e. The fraction of sp³-hybridized carbons (Fsp3) is 0.261. The number of aromatic nitrogens is 1. The maximum atomic E-state index is 12.5. The van der Waals surface area contributed by atoms with Gasteiger partial charge in [0, 0.05) is 16.5 Å². The maximum absolute atomic E-state index is 12.5. The van der Waals surface area contributed by atoms with Crippen LogP contribution >= 0.6 is 11.3 Å². The Labute approximate surface area is 174 Å². The molecule has 4 rings (SSSR count). The number of hydrogen-bond donors (Lipinski definition) is 2. The van der Waals surface area contributed by atoms with Gasteiger partial charge < -0.3 is 10.6 Å². The number of hydrogen-bond acceptors (Lipinski definition) is 4. The van der Waals surface area contributed by atoms with E-state index in [1.165, 1.54) is 35.3 Å². The number of nitrogens with zero attached hydrogens (tertiary/aromatic N) is 1. The molecule has 0 bridgehead atoms. The number of nitrogens with one attached hydrogen (secondary N) is 2. The molecule has 1 unspecified atom stereocenters. The molecule has 5 nitrogen and oxygen atoms in total. The van der Waals surface area contributed by atoms with E-state index in [1.54, 1.807) is 31.2 Å². The second-order valence-electron chi connectivity index (χ2n) is 7.28. The first-order chi connectivity index (χ1) is 14.1. The van der Waals surface area contributed by atoms with E-state index >= 15 is 0 Å². The summed E-state index contributed by atoms with van der Waals surface area (Å²) in [6.45, 7) is 1.66. The van der Waals surface area contributed by atoms with Gasteiger partial charge in [-0.3, -0.25) is 9.59 Å². The monoisotopic (exact) mass is 405 g/mol. The lowest BCUT2D eigenvalue weighted by molar-refractivity contribution is -0.117. The van der Waals surface area contributed by atoms with E-state index in [1.807, 2.05) is 11.4 Å². The third-order valence-electron chi connectivity index (χ3n) is 5.16. The molecule has 1 aliphatic rings. The Kier molecular flexibility index (Phi) is 5.71. The minimum Gasteiger partial charge on any atom is -0.341 e. The highest BCUT2D eigenvalue weighted by molar-refractivity contribution is 7.14. The molecule has 0 aliphatic heterocycles. The third-order valence-corrected chi connectivity index (χ3v) is 5.91. The van der Waals surface area contributed by atoms with Crippen LogP contribution in [0.1, 0.15) is 41.3 Å². The highest BCUT2D eigenvalue weighted by Crippen LogP contribution is 2.29. The molecule has 6 heteroatoms. The molecule has 1 heterocycles. The summed E-state index contributed by atoms with van der Waals surface area (Å²) < 4.78 is 0. The second-order valence-corrected chi connectivity index (χ2v) is 8.14. The van der Waals surface area contributed by atoms with Crippen LogP contribution in [0.3, 0.4) is 0 Å². The van der Waals surface area contributed by atoms with E-state index in [4.69, 9.17) is 0 Å². The predicted molar refractivity (Wildman–Crippen MR) is 116 cm³/mol. The fourth-order valence-electron chi connectivity index (χ4n) is 3.51. The van der Waals surface area contributed by atoms with Gasteiger partial charge in [0.2, 0.25) is 5.91 Å². The lowest BCUT2D eigenvalue weighted by atomic mass is 9.90. The quantitative estimate of drug-likeness (QED) is 0.659. The average Bonchev–Trinajstić information content (AvgIpc) is 3.22. The molecule has 1 aromatic heterocycles. The van der Waals surface area contributed by atoms with E-state index < -0.39 is 6.04 Å². The summed E-state index contributed by atoms with van der Waals surface area (Å²) in [5.41, 5.74) is 5.31. The molecule has 0 saturated carbocycles. The number of anilines is 1. The molecule has 0 radical (unpaired) electrons. The van der Waals surface area contributed by atoms with Gasteiger partial charge in [-0.05, 0) is 61.9 Å². The Morgan fingerprint density at radius 3 is 2.59 bits per heavy atom. The number of carbonyl (C=O) groups excluding carboxylic acids is 2. The lowest BCUT2D eigenvalue weighted by Gasteiger charge is -2.16. The first-order valence-electron chi connectivity index (χ1n) is 9.84. The van der Waals surface area contributed by atoms with E-state index in [-0.39, 0.29) is 11.8 Å². The smallest absolute Gasteiger partial charge is 0.251 e. The standard InChI is InChI=1S/C23H23N3O2S/c1-15(24-22(28)17-8-3-2-4-9-17)21(27)26-23-25-20(14-29-23)19-12-11-16-7-5-6-10-18(16)13-19/h2-4,8-9,11-15H,5-7,10H2,1H3,(H,24,28)(H,25,26,27). The van der Waals surface area contributed by atoms with Gasteiger partial charge in [0.15, 0.2) is 5.13 Å². The molecular formula is C23H23N3O2S. The minimum atomic E-state index is -0.668. The first-order valence-corrected chi connectivity index (χ1v) is 10.7. The number of aryl methyl sites for hydroxylation is 2. The molecule has 2 aromatic carbocycles. The van der Waals surface area contributed by atoms with Crippen molar-refractivity contribution in [2.75, 3.05) is 5.32 Å². The summed E-state index contributed by atoms with van der Waals surface area (Å²) in [6, 6.07) is 14.7. The molecule has 3 aromatic rings. The van der Waals surface area contributed by atoms with Crippen molar-refractivity contribution in [3.63, 3.8) is 0 Å². The van der Waals surface area contributed by atoms with Crippen LogP contribution in [0, 0.1) is 0 Å². The first kappa shape index (κ1) is 19.3. The van der Waals surface area contributed by atoms with Gasteiger partial charge in [0.05, 0.1) is 5.69 Å². The van der Waals surface area contributed by atoms with Crippen molar-refractivity contribution in [2.45, 2.75) is 38.6 Å². The Hall–Kier alpha value is -2.99. The van der Waals surface area contributed by atoms with Gasteiger partial charge >= 0.3 is 0 Å². The lowest BCUT2D eigenvalue weighted by Crippen LogP contribution is -2.41. The summed E-state index contributed by atoms with van der Waals surface area (Å²) >= 11 is 1.39. The third kappa shape index (κ3) is 4.54. The second kappa shape index (κ2) is 8.57. The van der Waals surface area contributed by atoms with Crippen molar-refractivity contribution >= 4 is 28.3 Å². The van der Waals surface area contributed by atoms with E-state index in [0.29, 0.717) is 10.7 Å². The molecule has 29 heavy (non-hydrogen) atoms. The number of carbonyl (C=O) groups is 2. The molecule has 1 atom stereocenters. The van der Waals surface area contributed by atoms with Crippen molar-refractivity contribution in [3.05, 3.63) is 70.6 Å². The van der Waals surface area contributed by atoms with Gasteiger partial charge in [-0.1, -0.05) is 30.3 Å². The number of amides is 2. The molecule has 0 saturated heterocycles. The van der Waals surface area contributed by atoms with Crippen LogP contribution in [0.15, 0.2) is 53.9 Å². The zero-order valence-electron chi connectivity index (χ0n) is 16.3. The topological polar surface area (TPSA) is 71.1 Å². The van der Waals surface area contributed by atoms with Crippen LogP contribution in [0.5, 0.6) is 0 Å². The van der Waals surface area contributed by atoms with Crippen LogP contribution in [0.4, 0.5) is 5.13 Å². The molecule has 148 valence electrons. The van der Waals surface area contributed by atoms with Crippen molar-refractivity contribution in [3.8, 4) is 11.3 Å². The van der Waals surface area contributed by atoms with Crippen molar-refractivity contribution in [2.24, 2.45) is 0 Å². The van der Waals surface area contributed by atoms with E-state index in [0.717, 1.165) is 24.1 Å². The van der Waals surface area contributed by atoms with Crippen LogP contribution in [0.2, 0.25) is 0 Å². The van der Waals surface area contributed by atoms with Crippen LogP contribution < -0.4 is 10.6 Å². The summed E-state index contributed by atoms with van der Waals surface area (Å²) in [6.07, 6.45) is 4.77. The largest absolute Gasteiger partial charge is 0.341 e.